The van der Waals surface area contributed by atoms with Gasteiger partial charge in [0.1, 0.15) is 11.6 Å². The van der Waals surface area contributed by atoms with E-state index >= 15 is 0 Å². The van der Waals surface area contributed by atoms with E-state index in [9.17, 15) is 10.1 Å². The summed E-state index contributed by atoms with van der Waals surface area (Å²) in [6.45, 7) is 2.29. The minimum atomic E-state index is -0.389. The third kappa shape index (κ3) is 2.65. The van der Waals surface area contributed by atoms with Gasteiger partial charge in [0.05, 0.1) is 23.6 Å². The van der Waals surface area contributed by atoms with Crippen molar-refractivity contribution in [2.75, 3.05) is 11.9 Å². The van der Waals surface area contributed by atoms with Gasteiger partial charge in [-0.3, -0.25) is 10.1 Å². The predicted molar refractivity (Wildman–Crippen MR) is 78.5 cm³/mol. The monoisotopic (exact) mass is 285 g/mol. The van der Waals surface area contributed by atoms with Crippen LogP contribution < -0.4 is 10.1 Å². The number of aryl methyl sites for hydroxylation is 1. The molecule has 1 aromatic heterocycles. The van der Waals surface area contributed by atoms with E-state index in [0.29, 0.717) is 18.0 Å². The van der Waals surface area contributed by atoms with Crippen LogP contribution in [0.1, 0.15) is 23.6 Å². The lowest BCUT2D eigenvalue weighted by molar-refractivity contribution is -0.385. The van der Waals surface area contributed by atoms with E-state index in [4.69, 9.17) is 4.74 Å². The number of anilines is 1. The van der Waals surface area contributed by atoms with Crippen molar-refractivity contribution in [3.05, 3.63) is 57.8 Å². The third-order valence-corrected chi connectivity index (χ3v) is 3.55. The number of hydrogen-bond acceptors (Lipinski definition) is 5. The fourth-order valence-electron chi connectivity index (χ4n) is 2.46. The maximum Gasteiger partial charge on any atom is 0.277 e. The van der Waals surface area contributed by atoms with E-state index in [0.717, 1.165) is 17.7 Å². The van der Waals surface area contributed by atoms with Crippen molar-refractivity contribution in [1.82, 2.24) is 4.98 Å². The van der Waals surface area contributed by atoms with E-state index in [1.165, 1.54) is 12.3 Å². The summed E-state index contributed by atoms with van der Waals surface area (Å²) in [5, 5.41) is 14.3. The molecular weight excluding hydrogens is 270 g/mol. The Balaban J connectivity index is 1.88. The Hall–Kier alpha value is -2.63. The molecule has 0 aliphatic carbocycles. The minimum absolute atomic E-state index is 0.0461. The molecule has 0 fully saturated rings. The summed E-state index contributed by atoms with van der Waals surface area (Å²) < 4.78 is 5.60. The molecule has 1 atom stereocenters. The lowest BCUT2D eigenvalue weighted by Crippen LogP contribution is -2.20. The molecule has 1 aromatic carbocycles. The smallest absolute Gasteiger partial charge is 0.277 e. The van der Waals surface area contributed by atoms with Gasteiger partial charge in [0, 0.05) is 23.7 Å². The predicted octanol–water partition coefficient (Wildman–Crippen LogP) is 3.23. The van der Waals surface area contributed by atoms with E-state index in [2.05, 4.69) is 10.3 Å². The molecule has 6 nitrogen and oxygen atoms in total. The molecule has 3 rings (SSSR count). The minimum Gasteiger partial charge on any atom is -0.493 e. The van der Waals surface area contributed by atoms with Crippen molar-refractivity contribution < 1.29 is 9.66 Å². The number of para-hydroxylation sites is 1. The number of nitro groups is 1. The maximum absolute atomic E-state index is 11.0. The fraction of sp³-hybridized carbons (Fsp3) is 0.267. The van der Waals surface area contributed by atoms with Gasteiger partial charge < -0.3 is 10.1 Å². The van der Waals surface area contributed by atoms with Gasteiger partial charge in [-0.05, 0) is 13.0 Å². The molecule has 108 valence electrons. The van der Waals surface area contributed by atoms with Gasteiger partial charge in [-0.2, -0.15) is 0 Å². The fourth-order valence-corrected chi connectivity index (χ4v) is 2.46. The summed E-state index contributed by atoms with van der Waals surface area (Å²) in [5.41, 5.74) is 1.68. The molecule has 21 heavy (non-hydrogen) atoms. The van der Waals surface area contributed by atoms with Crippen molar-refractivity contribution in [3.8, 4) is 5.75 Å². The molecular formula is C15H15N3O3. The van der Waals surface area contributed by atoms with Gasteiger partial charge in [0.15, 0.2) is 0 Å². The van der Waals surface area contributed by atoms with Gasteiger partial charge in [-0.25, -0.2) is 4.98 Å². The topological polar surface area (TPSA) is 77.3 Å². The van der Waals surface area contributed by atoms with Crippen LogP contribution in [0, 0.1) is 17.0 Å². The van der Waals surface area contributed by atoms with Crippen LogP contribution in [0.3, 0.4) is 0 Å². The number of aromatic nitrogens is 1. The number of benzene rings is 1. The van der Waals surface area contributed by atoms with Crippen LogP contribution >= 0.6 is 0 Å². The van der Waals surface area contributed by atoms with Crippen LogP contribution in [-0.4, -0.2) is 16.5 Å². The molecule has 1 aliphatic heterocycles. The molecule has 1 unspecified atom stereocenters. The second-order valence-corrected chi connectivity index (χ2v) is 4.99. The SMILES string of the molecule is Cc1cnc(NC2CCOc3ccccc32)cc1[N+](=O)[O-]. The zero-order valence-corrected chi connectivity index (χ0v) is 11.6. The Kier molecular flexibility index (Phi) is 3.43. The van der Waals surface area contributed by atoms with Crippen molar-refractivity contribution >= 4 is 11.5 Å². The number of pyridine rings is 1. The van der Waals surface area contributed by atoms with E-state index in [1.807, 2.05) is 24.3 Å². The first-order valence-electron chi connectivity index (χ1n) is 6.74. The van der Waals surface area contributed by atoms with E-state index < -0.39 is 0 Å². The Bertz CT molecular complexity index is 688. The molecule has 1 aliphatic rings. The Morgan fingerprint density at radius 1 is 1.43 bits per heavy atom. The normalized spacial score (nSPS) is 16.7. The second kappa shape index (κ2) is 5.40. The van der Waals surface area contributed by atoms with Crippen molar-refractivity contribution in [3.63, 3.8) is 0 Å². The lowest BCUT2D eigenvalue weighted by Gasteiger charge is -2.26. The number of fused-ring (bicyclic) bond motifs is 1. The van der Waals surface area contributed by atoms with Gasteiger partial charge in [-0.15, -0.1) is 0 Å². The number of rotatable bonds is 3. The molecule has 2 aromatic rings. The summed E-state index contributed by atoms with van der Waals surface area (Å²) >= 11 is 0. The molecule has 6 heteroatoms. The van der Waals surface area contributed by atoms with E-state index in [1.54, 1.807) is 6.92 Å². The molecule has 0 saturated heterocycles. The molecule has 2 heterocycles. The van der Waals surface area contributed by atoms with Crippen LogP contribution in [0.15, 0.2) is 36.5 Å². The van der Waals surface area contributed by atoms with Crippen molar-refractivity contribution in [1.29, 1.82) is 0 Å². The summed E-state index contributed by atoms with van der Waals surface area (Å²) in [5.74, 6) is 1.36. The van der Waals surface area contributed by atoms with Crippen molar-refractivity contribution in [2.24, 2.45) is 0 Å². The summed E-state index contributed by atoms with van der Waals surface area (Å²) in [4.78, 5) is 14.8. The van der Waals surface area contributed by atoms with E-state index in [-0.39, 0.29) is 16.7 Å². The summed E-state index contributed by atoms with van der Waals surface area (Å²) in [6, 6.07) is 9.32. The molecule has 0 saturated carbocycles. The first kappa shape index (κ1) is 13.4. The number of nitrogens with one attached hydrogen (secondary N) is 1. The standard InChI is InChI=1S/C15H15N3O3/c1-10-9-16-15(8-13(10)18(19)20)17-12-6-7-21-14-5-3-2-4-11(12)14/h2-5,8-9,12H,6-7H2,1H3,(H,16,17). The van der Waals surface area contributed by atoms with Crippen LogP contribution in [0.4, 0.5) is 11.5 Å². The maximum atomic E-state index is 11.0. The van der Waals surface area contributed by atoms with Crippen LogP contribution in [0.2, 0.25) is 0 Å². The average molecular weight is 285 g/mol. The molecule has 1 N–H and O–H groups in total. The number of ether oxygens (including phenoxy) is 1. The zero-order valence-electron chi connectivity index (χ0n) is 11.6. The lowest BCUT2D eigenvalue weighted by atomic mass is 10.0. The number of hydrogen-bond donors (Lipinski definition) is 1. The summed E-state index contributed by atoms with van der Waals surface area (Å²) in [7, 11) is 0. The highest BCUT2D eigenvalue weighted by atomic mass is 16.6. The zero-order chi connectivity index (χ0) is 14.8. The largest absolute Gasteiger partial charge is 0.493 e. The highest BCUT2D eigenvalue weighted by Crippen LogP contribution is 2.34. The second-order valence-electron chi connectivity index (χ2n) is 4.99. The van der Waals surface area contributed by atoms with Gasteiger partial charge in [0.25, 0.3) is 5.69 Å². The van der Waals surface area contributed by atoms with Crippen LogP contribution in [0.5, 0.6) is 5.75 Å². The quantitative estimate of drug-likeness (QED) is 0.692. The average Bonchev–Trinajstić information content (AvgIpc) is 2.49. The number of nitrogens with zero attached hydrogens (tertiary/aromatic N) is 2. The summed E-state index contributed by atoms with van der Waals surface area (Å²) in [6.07, 6.45) is 2.31. The highest BCUT2D eigenvalue weighted by Gasteiger charge is 2.22. The van der Waals surface area contributed by atoms with Gasteiger partial charge in [-0.1, -0.05) is 18.2 Å². The van der Waals surface area contributed by atoms with Gasteiger partial charge in [0.2, 0.25) is 0 Å². The molecule has 0 bridgehead atoms. The highest BCUT2D eigenvalue weighted by molar-refractivity contribution is 5.51. The molecule has 0 spiro atoms. The Morgan fingerprint density at radius 2 is 2.24 bits per heavy atom. The first-order valence-corrected chi connectivity index (χ1v) is 6.74. The third-order valence-electron chi connectivity index (χ3n) is 3.55. The molecule has 0 radical (unpaired) electrons. The van der Waals surface area contributed by atoms with Crippen molar-refractivity contribution in [2.45, 2.75) is 19.4 Å². The Morgan fingerprint density at radius 3 is 3.05 bits per heavy atom. The van der Waals surface area contributed by atoms with Crippen LogP contribution in [0.25, 0.3) is 0 Å². The van der Waals surface area contributed by atoms with Crippen LogP contribution in [-0.2, 0) is 0 Å². The van der Waals surface area contributed by atoms with Gasteiger partial charge >= 0.3 is 0 Å². The Labute approximate surface area is 121 Å². The molecule has 0 amide bonds. The first-order chi connectivity index (χ1) is 10.1.